The summed E-state index contributed by atoms with van der Waals surface area (Å²) in [5, 5.41) is 8.41. The lowest BCUT2D eigenvalue weighted by Gasteiger charge is -2.11. The highest BCUT2D eigenvalue weighted by molar-refractivity contribution is 6.30. The highest BCUT2D eigenvalue weighted by atomic mass is 35.5. The number of hydrogen-bond acceptors (Lipinski definition) is 3. The molecule has 1 aromatic carbocycles. The van der Waals surface area contributed by atoms with Crippen LogP contribution in [0, 0.1) is 5.92 Å². The average molecular weight is 385 g/mol. The summed E-state index contributed by atoms with van der Waals surface area (Å²) in [7, 11) is 0. The number of halogens is 1. The Kier molecular flexibility index (Phi) is 6.11. The van der Waals surface area contributed by atoms with Crippen LogP contribution in [0.3, 0.4) is 0 Å². The number of carbonyl (C=O) groups excluding carboxylic acids is 1. The van der Waals surface area contributed by atoms with Crippen molar-refractivity contribution in [3.05, 3.63) is 52.8 Å². The molecule has 0 fully saturated rings. The van der Waals surface area contributed by atoms with Gasteiger partial charge in [-0.05, 0) is 30.9 Å². The Labute approximate surface area is 164 Å². The van der Waals surface area contributed by atoms with E-state index < -0.39 is 0 Å². The van der Waals surface area contributed by atoms with Gasteiger partial charge in [0.2, 0.25) is 0 Å². The molecule has 3 aromatic rings. The SMILES string of the molecule is CCCc1c(C(=O)NCCC(C)C)cnc2cc(-c3ccc(Cl)cc3)nn12. The summed E-state index contributed by atoms with van der Waals surface area (Å²) in [6.45, 7) is 7.04. The van der Waals surface area contributed by atoms with E-state index in [2.05, 4.69) is 31.1 Å². The van der Waals surface area contributed by atoms with Gasteiger partial charge in [-0.1, -0.05) is 50.9 Å². The second-order valence-corrected chi connectivity index (χ2v) is 7.55. The summed E-state index contributed by atoms with van der Waals surface area (Å²) in [5.74, 6) is 0.464. The predicted octanol–water partition coefficient (Wildman–Crippen LogP) is 4.78. The number of aromatic nitrogens is 3. The zero-order chi connectivity index (χ0) is 19.4. The fourth-order valence-electron chi connectivity index (χ4n) is 2.98. The van der Waals surface area contributed by atoms with Crippen molar-refractivity contribution >= 4 is 23.2 Å². The summed E-state index contributed by atoms with van der Waals surface area (Å²) in [6.07, 6.45) is 4.29. The van der Waals surface area contributed by atoms with Gasteiger partial charge in [-0.3, -0.25) is 4.79 Å². The second-order valence-electron chi connectivity index (χ2n) is 7.11. The number of amides is 1. The minimum atomic E-state index is -0.0861. The number of aryl methyl sites for hydroxylation is 1. The minimum absolute atomic E-state index is 0.0861. The van der Waals surface area contributed by atoms with Crippen LogP contribution in [0.25, 0.3) is 16.9 Å². The molecular weight excluding hydrogens is 360 g/mol. The molecular formula is C21H25ClN4O. The predicted molar refractivity (Wildman–Crippen MR) is 109 cm³/mol. The minimum Gasteiger partial charge on any atom is -0.352 e. The van der Waals surface area contributed by atoms with E-state index in [1.165, 1.54) is 0 Å². The van der Waals surface area contributed by atoms with Gasteiger partial charge >= 0.3 is 0 Å². The molecule has 1 N–H and O–H groups in total. The number of nitrogens with one attached hydrogen (secondary N) is 1. The van der Waals surface area contributed by atoms with Gasteiger partial charge in [-0.25, -0.2) is 9.50 Å². The number of hydrogen-bond donors (Lipinski definition) is 1. The highest BCUT2D eigenvalue weighted by Gasteiger charge is 2.17. The maximum absolute atomic E-state index is 12.7. The van der Waals surface area contributed by atoms with Crippen LogP contribution in [0.2, 0.25) is 5.02 Å². The number of carbonyl (C=O) groups is 1. The van der Waals surface area contributed by atoms with Crippen molar-refractivity contribution in [1.29, 1.82) is 0 Å². The number of benzene rings is 1. The third-order valence-electron chi connectivity index (χ3n) is 4.46. The van der Waals surface area contributed by atoms with E-state index in [-0.39, 0.29) is 5.91 Å². The monoisotopic (exact) mass is 384 g/mol. The molecule has 3 rings (SSSR count). The molecule has 0 bridgehead atoms. The maximum atomic E-state index is 12.7. The zero-order valence-electron chi connectivity index (χ0n) is 16.0. The number of fused-ring (bicyclic) bond motifs is 1. The largest absolute Gasteiger partial charge is 0.352 e. The van der Waals surface area contributed by atoms with E-state index in [4.69, 9.17) is 16.7 Å². The van der Waals surface area contributed by atoms with E-state index >= 15 is 0 Å². The van der Waals surface area contributed by atoms with E-state index in [0.717, 1.165) is 41.9 Å². The third kappa shape index (κ3) is 4.48. The lowest BCUT2D eigenvalue weighted by Crippen LogP contribution is -2.27. The van der Waals surface area contributed by atoms with Crippen LogP contribution in [0.1, 0.15) is 49.7 Å². The molecule has 2 aromatic heterocycles. The Hall–Kier alpha value is -2.40. The molecule has 0 spiro atoms. The maximum Gasteiger partial charge on any atom is 0.254 e. The van der Waals surface area contributed by atoms with Crippen LogP contribution in [-0.2, 0) is 6.42 Å². The molecule has 2 heterocycles. The Morgan fingerprint density at radius 3 is 2.67 bits per heavy atom. The summed E-state index contributed by atoms with van der Waals surface area (Å²) in [6, 6.07) is 9.49. The van der Waals surface area contributed by atoms with Crippen LogP contribution >= 0.6 is 11.6 Å². The van der Waals surface area contributed by atoms with E-state index in [0.29, 0.717) is 23.0 Å². The van der Waals surface area contributed by atoms with Gasteiger partial charge in [-0.2, -0.15) is 5.10 Å². The average Bonchev–Trinajstić information content (AvgIpc) is 3.07. The topological polar surface area (TPSA) is 59.3 Å². The van der Waals surface area contributed by atoms with Crippen molar-refractivity contribution in [3.63, 3.8) is 0 Å². The van der Waals surface area contributed by atoms with Gasteiger partial charge in [0.25, 0.3) is 5.91 Å². The molecule has 0 saturated carbocycles. The molecule has 5 nitrogen and oxygen atoms in total. The van der Waals surface area contributed by atoms with Crippen molar-refractivity contribution in [1.82, 2.24) is 19.9 Å². The summed E-state index contributed by atoms with van der Waals surface area (Å²) in [4.78, 5) is 17.1. The molecule has 6 heteroatoms. The second kappa shape index (κ2) is 8.53. The molecule has 0 radical (unpaired) electrons. The van der Waals surface area contributed by atoms with E-state index in [1.807, 2.05) is 30.3 Å². The fourth-order valence-corrected chi connectivity index (χ4v) is 3.11. The molecule has 0 unspecified atom stereocenters. The number of rotatable bonds is 7. The molecule has 142 valence electrons. The van der Waals surface area contributed by atoms with Crippen LogP contribution in [0.5, 0.6) is 0 Å². The normalized spacial score (nSPS) is 11.3. The molecule has 0 aliphatic rings. The first kappa shape index (κ1) is 19.4. The van der Waals surface area contributed by atoms with Gasteiger partial charge in [0.05, 0.1) is 17.0 Å². The molecule has 1 amide bonds. The Morgan fingerprint density at radius 1 is 1.26 bits per heavy atom. The van der Waals surface area contributed by atoms with E-state index in [1.54, 1.807) is 10.7 Å². The quantitative estimate of drug-likeness (QED) is 0.637. The van der Waals surface area contributed by atoms with Crippen molar-refractivity contribution in [2.45, 2.75) is 40.0 Å². The van der Waals surface area contributed by atoms with Crippen LogP contribution in [0.15, 0.2) is 36.5 Å². The smallest absolute Gasteiger partial charge is 0.254 e. The lowest BCUT2D eigenvalue weighted by molar-refractivity contribution is 0.0950. The third-order valence-corrected chi connectivity index (χ3v) is 4.71. The van der Waals surface area contributed by atoms with E-state index in [9.17, 15) is 4.79 Å². The Balaban J connectivity index is 1.96. The van der Waals surface area contributed by atoms with Crippen molar-refractivity contribution in [2.75, 3.05) is 6.54 Å². The van der Waals surface area contributed by atoms with Gasteiger partial charge < -0.3 is 5.32 Å². The van der Waals surface area contributed by atoms with Crippen molar-refractivity contribution in [3.8, 4) is 11.3 Å². The molecule has 27 heavy (non-hydrogen) atoms. The lowest BCUT2D eigenvalue weighted by atomic mass is 10.1. The standard InChI is InChI=1S/C21H25ClN4O/c1-4-5-19-17(21(27)23-11-10-14(2)3)13-24-20-12-18(25-26(19)20)15-6-8-16(22)9-7-15/h6-9,12-14H,4-5,10-11H2,1-3H3,(H,23,27). The highest BCUT2D eigenvalue weighted by Crippen LogP contribution is 2.23. The van der Waals surface area contributed by atoms with Gasteiger partial charge in [-0.15, -0.1) is 0 Å². The molecule has 0 atom stereocenters. The van der Waals surface area contributed by atoms with Gasteiger partial charge in [0.1, 0.15) is 0 Å². The summed E-state index contributed by atoms with van der Waals surface area (Å²) < 4.78 is 1.80. The Bertz CT molecular complexity index is 931. The zero-order valence-corrected chi connectivity index (χ0v) is 16.8. The first-order chi connectivity index (χ1) is 13.0. The van der Waals surface area contributed by atoms with Crippen LogP contribution in [0.4, 0.5) is 0 Å². The first-order valence-electron chi connectivity index (χ1n) is 9.41. The van der Waals surface area contributed by atoms with Gasteiger partial charge in [0.15, 0.2) is 5.65 Å². The molecule has 0 saturated heterocycles. The van der Waals surface area contributed by atoms with Crippen molar-refractivity contribution < 1.29 is 4.79 Å². The fraction of sp³-hybridized carbons (Fsp3) is 0.381. The van der Waals surface area contributed by atoms with Crippen LogP contribution in [-0.4, -0.2) is 27.0 Å². The number of nitrogens with zero attached hydrogens (tertiary/aromatic N) is 3. The first-order valence-corrected chi connectivity index (χ1v) is 9.79. The summed E-state index contributed by atoms with van der Waals surface area (Å²) in [5.41, 5.74) is 4.01. The van der Waals surface area contributed by atoms with Crippen molar-refractivity contribution in [2.24, 2.45) is 5.92 Å². The molecule has 0 aliphatic heterocycles. The van der Waals surface area contributed by atoms with Gasteiger partial charge in [0, 0.05) is 29.4 Å². The summed E-state index contributed by atoms with van der Waals surface area (Å²) >= 11 is 5.98. The molecule has 0 aliphatic carbocycles. The van der Waals surface area contributed by atoms with Crippen LogP contribution < -0.4 is 5.32 Å². The Morgan fingerprint density at radius 2 is 2.00 bits per heavy atom.